The summed E-state index contributed by atoms with van der Waals surface area (Å²) >= 11 is 0. The number of hydrogen-bond acceptors (Lipinski definition) is 2. The lowest BCUT2D eigenvalue weighted by atomic mass is 9.92. The molecule has 0 N–H and O–H groups in total. The number of ether oxygens (including phenoxy) is 1. The molecule has 0 aliphatic heterocycles. The third kappa shape index (κ3) is 2.77. The summed E-state index contributed by atoms with van der Waals surface area (Å²) in [4.78, 5) is 4.31. The van der Waals surface area contributed by atoms with Crippen LogP contribution in [-0.4, -0.2) is 11.6 Å². The first-order valence-electron chi connectivity index (χ1n) is 4.57. The van der Waals surface area contributed by atoms with Crippen LogP contribution in [-0.2, 0) is 5.41 Å². The van der Waals surface area contributed by atoms with Gasteiger partial charge in [0.1, 0.15) is 12.4 Å². The molecule has 0 aliphatic carbocycles. The zero-order chi connectivity index (χ0) is 10.6. The Morgan fingerprint density at radius 2 is 2.14 bits per heavy atom. The molecule has 0 saturated carbocycles. The van der Waals surface area contributed by atoms with E-state index in [1.165, 1.54) is 0 Å². The topological polar surface area (TPSA) is 22.1 Å². The van der Waals surface area contributed by atoms with E-state index in [0.717, 1.165) is 11.4 Å². The van der Waals surface area contributed by atoms with Crippen molar-refractivity contribution in [3.05, 3.63) is 24.0 Å². The van der Waals surface area contributed by atoms with E-state index in [2.05, 4.69) is 31.7 Å². The van der Waals surface area contributed by atoms with Gasteiger partial charge < -0.3 is 4.74 Å². The molecule has 1 aromatic heterocycles. The second-order valence-corrected chi connectivity index (χ2v) is 4.12. The van der Waals surface area contributed by atoms with Gasteiger partial charge >= 0.3 is 0 Å². The average Bonchev–Trinajstić information content (AvgIpc) is 2.14. The number of pyridine rings is 1. The maximum Gasteiger partial charge on any atom is 0.148 e. The minimum absolute atomic E-state index is 0.0741. The Morgan fingerprint density at radius 3 is 2.57 bits per heavy atom. The molecule has 0 atom stereocenters. The largest absolute Gasteiger partial charge is 0.479 e. The van der Waals surface area contributed by atoms with Crippen molar-refractivity contribution in [1.82, 2.24) is 4.98 Å². The number of hydrogen-bond donors (Lipinski definition) is 0. The van der Waals surface area contributed by atoms with Crippen molar-refractivity contribution in [2.75, 3.05) is 6.61 Å². The Balaban J connectivity index is 2.75. The first-order chi connectivity index (χ1) is 6.54. The molecule has 2 heteroatoms. The monoisotopic (exact) mass is 189 g/mol. The van der Waals surface area contributed by atoms with Crippen LogP contribution in [0, 0.1) is 12.3 Å². The molecule has 0 fully saturated rings. The number of nitrogens with zero attached hydrogens (tertiary/aromatic N) is 1. The maximum absolute atomic E-state index is 5.22. The van der Waals surface area contributed by atoms with E-state index < -0.39 is 0 Å². The summed E-state index contributed by atoms with van der Waals surface area (Å²) in [6.07, 6.45) is 6.79. The van der Waals surface area contributed by atoms with Crippen LogP contribution in [0.5, 0.6) is 5.75 Å². The first-order valence-corrected chi connectivity index (χ1v) is 4.57. The fraction of sp³-hybridized carbons (Fsp3) is 0.417. The number of aromatic nitrogens is 1. The summed E-state index contributed by atoms with van der Waals surface area (Å²) in [5.41, 5.74) is 1.12. The molecule has 0 amide bonds. The average molecular weight is 189 g/mol. The maximum atomic E-state index is 5.22. The molecule has 0 saturated heterocycles. The lowest BCUT2D eigenvalue weighted by molar-refractivity contribution is 0.368. The molecule has 1 aromatic rings. The van der Waals surface area contributed by atoms with Crippen molar-refractivity contribution in [3.8, 4) is 18.1 Å². The third-order valence-corrected chi connectivity index (χ3v) is 1.83. The second kappa shape index (κ2) is 4.15. The van der Waals surface area contributed by atoms with Crippen LogP contribution in [0.3, 0.4) is 0 Å². The van der Waals surface area contributed by atoms with Gasteiger partial charge in [-0.25, -0.2) is 0 Å². The van der Waals surface area contributed by atoms with Crippen molar-refractivity contribution in [3.63, 3.8) is 0 Å². The zero-order valence-electron chi connectivity index (χ0n) is 8.87. The molecule has 1 rings (SSSR count). The molecule has 0 aliphatic rings. The summed E-state index contributed by atoms with van der Waals surface area (Å²) in [5.74, 6) is 3.13. The van der Waals surface area contributed by atoms with Gasteiger partial charge in [0.25, 0.3) is 0 Å². The highest BCUT2D eigenvalue weighted by molar-refractivity contribution is 5.23. The molecule has 0 bridgehead atoms. The summed E-state index contributed by atoms with van der Waals surface area (Å²) < 4.78 is 5.22. The van der Waals surface area contributed by atoms with Gasteiger partial charge in [-0.2, -0.15) is 0 Å². The lowest BCUT2D eigenvalue weighted by Crippen LogP contribution is -2.13. The van der Waals surface area contributed by atoms with Gasteiger partial charge in [-0.15, -0.1) is 6.42 Å². The lowest BCUT2D eigenvalue weighted by Gasteiger charge is -2.17. The van der Waals surface area contributed by atoms with Gasteiger partial charge in [-0.1, -0.05) is 26.7 Å². The standard InChI is InChI=1S/C12H15NO/c1-5-8-14-10-6-7-11(13-9-10)12(2,3)4/h1,6-7,9H,8H2,2-4H3. The molecule has 14 heavy (non-hydrogen) atoms. The van der Waals surface area contributed by atoms with Crippen LogP contribution >= 0.6 is 0 Å². The van der Waals surface area contributed by atoms with Gasteiger partial charge in [0, 0.05) is 11.1 Å². The number of rotatable bonds is 2. The second-order valence-electron chi connectivity index (χ2n) is 4.12. The van der Waals surface area contributed by atoms with Gasteiger partial charge in [-0.05, 0) is 12.1 Å². The summed E-state index contributed by atoms with van der Waals surface area (Å²) in [7, 11) is 0. The van der Waals surface area contributed by atoms with E-state index in [9.17, 15) is 0 Å². The Labute approximate surface area is 85.3 Å². The predicted octanol–water partition coefficient (Wildman–Crippen LogP) is 2.39. The highest BCUT2D eigenvalue weighted by atomic mass is 16.5. The molecule has 0 aromatic carbocycles. The molecule has 0 spiro atoms. The van der Waals surface area contributed by atoms with E-state index in [-0.39, 0.29) is 12.0 Å². The fourth-order valence-corrected chi connectivity index (χ4v) is 1.03. The Kier molecular flexibility index (Phi) is 3.14. The predicted molar refractivity (Wildman–Crippen MR) is 57.3 cm³/mol. The first kappa shape index (κ1) is 10.6. The Morgan fingerprint density at radius 1 is 1.43 bits per heavy atom. The van der Waals surface area contributed by atoms with Crippen molar-refractivity contribution < 1.29 is 4.74 Å². The fourth-order valence-electron chi connectivity index (χ4n) is 1.03. The molecule has 2 nitrogen and oxygen atoms in total. The quantitative estimate of drug-likeness (QED) is 0.666. The normalized spacial score (nSPS) is 10.7. The molecule has 0 unspecified atom stereocenters. The van der Waals surface area contributed by atoms with Crippen LogP contribution in [0.2, 0.25) is 0 Å². The summed E-state index contributed by atoms with van der Waals surface area (Å²) in [5, 5.41) is 0. The van der Waals surface area contributed by atoms with Crippen LogP contribution in [0.15, 0.2) is 18.3 Å². The smallest absolute Gasteiger partial charge is 0.148 e. The van der Waals surface area contributed by atoms with Gasteiger partial charge in [0.05, 0.1) is 6.20 Å². The Hall–Kier alpha value is -1.49. The van der Waals surface area contributed by atoms with E-state index in [1.807, 2.05) is 12.1 Å². The molecule has 1 heterocycles. The zero-order valence-corrected chi connectivity index (χ0v) is 8.87. The third-order valence-electron chi connectivity index (χ3n) is 1.83. The van der Waals surface area contributed by atoms with Crippen LogP contribution < -0.4 is 4.74 Å². The molecular weight excluding hydrogens is 174 g/mol. The van der Waals surface area contributed by atoms with Crippen molar-refractivity contribution in [2.24, 2.45) is 0 Å². The Bertz CT molecular complexity index is 327. The minimum atomic E-state index is 0.0741. The number of terminal acetylenes is 1. The van der Waals surface area contributed by atoms with Crippen LogP contribution in [0.1, 0.15) is 26.5 Å². The van der Waals surface area contributed by atoms with Crippen molar-refractivity contribution in [1.29, 1.82) is 0 Å². The molecule has 0 radical (unpaired) electrons. The van der Waals surface area contributed by atoms with Crippen LogP contribution in [0.25, 0.3) is 0 Å². The summed E-state index contributed by atoms with van der Waals surface area (Å²) in [6, 6.07) is 3.86. The molecular formula is C12H15NO. The highest BCUT2D eigenvalue weighted by Crippen LogP contribution is 2.21. The van der Waals surface area contributed by atoms with Crippen molar-refractivity contribution >= 4 is 0 Å². The van der Waals surface area contributed by atoms with Gasteiger partial charge in [-0.3, -0.25) is 4.98 Å². The highest BCUT2D eigenvalue weighted by Gasteiger charge is 2.14. The minimum Gasteiger partial charge on any atom is -0.479 e. The molecule has 74 valence electrons. The summed E-state index contributed by atoms with van der Waals surface area (Å²) in [6.45, 7) is 6.66. The SMILES string of the molecule is C#CCOc1ccc(C(C)(C)C)nc1. The van der Waals surface area contributed by atoms with Gasteiger partial charge in [0.2, 0.25) is 0 Å². The van der Waals surface area contributed by atoms with E-state index in [0.29, 0.717) is 0 Å². The van der Waals surface area contributed by atoms with E-state index >= 15 is 0 Å². The van der Waals surface area contributed by atoms with E-state index in [1.54, 1.807) is 6.20 Å². The van der Waals surface area contributed by atoms with Crippen LogP contribution in [0.4, 0.5) is 0 Å². The van der Waals surface area contributed by atoms with Gasteiger partial charge in [0.15, 0.2) is 0 Å². The van der Waals surface area contributed by atoms with E-state index in [4.69, 9.17) is 11.2 Å². The van der Waals surface area contributed by atoms with Crippen molar-refractivity contribution in [2.45, 2.75) is 26.2 Å².